The maximum absolute atomic E-state index is 13.0. The smallest absolute Gasteiger partial charge is 0.242 e. The van der Waals surface area contributed by atoms with Gasteiger partial charge in [0.05, 0.1) is 11.0 Å². The Hall–Kier alpha value is -2.28. The number of nitrogens with zero attached hydrogens (tertiary/aromatic N) is 3. The van der Waals surface area contributed by atoms with Gasteiger partial charge in [-0.3, -0.25) is 4.79 Å². The quantitative estimate of drug-likeness (QED) is 0.575. The first-order valence-electron chi connectivity index (χ1n) is 10.3. The van der Waals surface area contributed by atoms with E-state index in [-0.39, 0.29) is 30.7 Å². The van der Waals surface area contributed by atoms with E-state index in [4.69, 9.17) is 9.72 Å². The summed E-state index contributed by atoms with van der Waals surface area (Å²) in [6, 6.07) is 17.6. The number of benzene rings is 2. The van der Waals surface area contributed by atoms with Crippen molar-refractivity contribution < 1.29 is 9.53 Å². The van der Waals surface area contributed by atoms with Crippen molar-refractivity contribution in [2.45, 2.75) is 26.0 Å². The van der Waals surface area contributed by atoms with Gasteiger partial charge in [-0.25, -0.2) is 4.98 Å². The lowest BCUT2D eigenvalue weighted by atomic mass is 9.97. The first-order chi connectivity index (χ1) is 14.2. The van der Waals surface area contributed by atoms with Gasteiger partial charge in [-0.05, 0) is 56.6 Å². The van der Waals surface area contributed by atoms with E-state index >= 15 is 0 Å². The van der Waals surface area contributed by atoms with Gasteiger partial charge in [0.25, 0.3) is 0 Å². The average Bonchev–Trinajstić information content (AvgIpc) is 3.11. The molecule has 1 saturated heterocycles. The fourth-order valence-corrected chi connectivity index (χ4v) is 3.99. The van der Waals surface area contributed by atoms with E-state index in [0.29, 0.717) is 19.1 Å². The number of likely N-dealkylation sites (tertiary alicyclic amines) is 1. The predicted molar refractivity (Wildman–Crippen MR) is 128 cm³/mol. The molecule has 0 unspecified atom stereocenters. The predicted octanol–water partition coefficient (Wildman–Crippen LogP) is 3.92. The lowest BCUT2D eigenvalue weighted by Gasteiger charge is -2.32. The molecular weight excluding hydrogens is 435 g/mol. The minimum Gasteiger partial charge on any atom is -0.486 e. The first-order valence-corrected chi connectivity index (χ1v) is 10.3. The number of carbonyl (C=O) groups is 1. The Balaban J connectivity index is 0.00000171. The molecule has 2 heterocycles. The summed E-state index contributed by atoms with van der Waals surface area (Å²) in [4.78, 5) is 19.7. The van der Waals surface area contributed by atoms with E-state index in [0.717, 1.165) is 55.1 Å². The third-order valence-electron chi connectivity index (χ3n) is 5.60. The van der Waals surface area contributed by atoms with Crippen LogP contribution in [-0.2, 0) is 17.9 Å². The van der Waals surface area contributed by atoms with Crippen LogP contribution in [0.3, 0.4) is 0 Å². The molecule has 4 rings (SSSR count). The Bertz CT molecular complexity index is 957. The minimum absolute atomic E-state index is 0. The van der Waals surface area contributed by atoms with Gasteiger partial charge in [0.15, 0.2) is 0 Å². The fraction of sp³-hybridized carbons (Fsp3) is 0.391. The number of imidazole rings is 1. The molecule has 0 saturated carbocycles. The van der Waals surface area contributed by atoms with Crippen molar-refractivity contribution in [2.75, 3.05) is 26.7 Å². The molecular formula is C23H30Cl2N4O2. The van der Waals surface area contributed by atoms with Crippen LogP contribution in [0.4, 0.5) is 0 Å². The number of piperidine rings is 1. The molecule has 1 fully saturated rings. The van der Waals surface area contributed by atoms with Crippen LogP contribution in [-0.4, -0.2) is 47.0 Å². The number of ether oxygens (including phenoxy) is 1. The zero-order valence-corrected chi connectivity index (χ0v) is 19.3. The topological polar surface area (TPSA) is 59.4 Å². The van der Waals surface area contributed by atoms with Crippen LogP contribution in [0.5, 0.6) is 5.75 Å². The Labute approximate surface area is 195 Å². The third kappa shape index (κ3) is 6.12. The zero-order chi connectivity index (χ0) is 20.1. The van der Waals surface area contributed by atoms with Crippen LogP contribution < -0.4 is 10.1 Å². The number of rotatable bonds is 7. The van der Waals surface area contributed by atoms with Crippen molar-refractivity contribution in [3.63, 3.8) is 0 Å². The molecule has 3 aromatic rings. The van der Waals surface area contributed by atoms with E-state index in [1.165, 1.54) is 0 Å². The van der Waals surface area contributed by atoms with Gasteiger partial charge in [-0.1, -0.05) is 30.3 Å². The second-order valence-electron chi connectivity index (χ2n) is 7.59. The summed E-state index contributed by atoms with van der Waals surface area (Å²) in [6.45, 7) is 3.30. The Morgan fingerprint density at radius 2 is 1.74 bits per heavy atom. The maximum atomic E-state index is 13.0. The van der Waals surface area contributed by atoms with Gasteiger partial charge in [-0.2, -0.15) is 0 Å². The van der Waals surface area contributed by atoms with Crippen molar-refractivity contribution in [3.05, 3.63) is 60.4 Å². The average molecular weight is 465 g/mol. The number of halogens is 2. The van der Waals surface area contributed by atoms with E-state index in [2.05, 4.69) is 5.32 Å². The second-order valence-corrected chi connectivity index (χ2v) is 7.59. The Morgan fingerprint density at radius 3 is 2.45 bits per heavy atom. The molecule has 0 bridgehead atoms. The summed E-state index contributed by atoms with van der Waals surface area (Å²) in [6.07, 6.45) is 2.11. The highest BCUT2D eigenvalue weighted by atomic mass is 35.5. The molecule has 1 amide bonds. The summed E-state index contributed by atoms with van der Waals surface area (Å²) in [5.74, 6) is 2.38. The van der Waals surface area contributed by atoms with Gasteiger partial charge < -0.3 is 19.5 Å². The number of amides is 1. The lowest BCUT2D eigenvalue weighted by Crippen LogP contribution is -2.42. The fourth-order valence-electron chi connectivity index (χ4n) is 3.99. The monoisotopic (exact) mass is 464 g/mol. The number of fused-ring (bicyclic) bond motifs is 1. The molecule has 8 heteroatoms. The molecule has 1 N–H and O–H groups in total. The van der Waals surface area contributed by atoms with E-state index in [1.807, 2.05) is 71.1 Å². The number of hydrogen-bond donors (Lipinski definition) is 1. The van der Waals surface area contributed by atoms with E-state index in [9.17, 15) is 4.79 Å². The molecule has 1 aliphatic rings. The van der Waals surface area contributed by atoms with Crippen LogP contribution in [0, 0.1) is 5.92 Å². The molecule has 0 radical (unpaired) electrons. The van der Waals surface area contributed by atoms with Crippen LogP contribution in [0.1, 0.15) is 18.7 Å². The van der Waals surface area contributed by atoms with E-state index in [1.54, 1.807) is 0 Å². The van der Waals surface area contributed by atoms with Gasteiger partial charge in [-0.15, -0.1) is 24.8 Å². The van der Waals surface area contributed by atoms with E-state index < -0.39 is 0 Å². The Kier molecular flexibility index (Phi) is 9.62. The molecule has 0 spiro atoms. The van der Waals surface area contributed by atoms with Gasteiger partial charge in [0.2, 0.25) is 5.91 Å². The van der Waals surface area contributed by atoms with Crippen molar-refractivity contribution >= 4 is 41.8 Å². The summed E-state index contributed by atoms with van der Waals surface area (Å²) >= 11 is 0. The van der Waals surface area contributed by atoms with Gasteiger partial charge in [0, 0.05) is 13.1 Å². The van der Waals surface area contributed by atoms with Crippen molar-refractivity contribution in [2.24, 2.45) is 5.92 Å². The van der Waals surface area contributed by atoms with Crippen LogP contribution in [0.15, 0.2) is 54.6 Å². The highest BCUT2D eigenvalue weighted by Crippen LogP contribution is 2.20. The summed E-state index contributed by atoms with van der Waals surface area (Å²) in [5, 5.41) is 3.24. The number of nitrogens with one attached hydrogen (secondary N) is 1. The highest BCUT2D eigenvalue weighted by molar-refractivity contribution is 5.85. The van der Waals surface area contributed by atoms with Crippen LogP contribution in [0.25, 0.3) is 11.0 Å². The minimum atomic E-state index is 0. The molecule has 1 aromatic heterocycles. The van der Waals surface area contributed by atoms with Crippen molar-refractivity contribution in [3.8, 4) is 5.75 Å². The highest BCUT2D eigenvalue weighted by Gasteiger charge is 2.24. The number of aromatic nitrogens is 2. The van der Waals surface area contributed by atoms with Crippen molar-refractivity contribution in [1.29, 1.82) is 0 Å². The Morgan fingerprint density at radius 1 is 1.06 bits per heavy atom. The van der Waals surface area contributed by atoms with Crippen LogP contribution >= 0.6 is 24.8 Å². The van der Waals surface area contributed by atoms with Crippen molar-refractivity contribution in [1.82, 2.24) is 19.8 Å². The lowest BCUT2D eigenvalue weighted by molar-refractivity contribution is -0.133. The molecule has 6 nitrogen and oxygen atoms in total. The second kappa shape index (κ2) is 11.9. The number of carbonyl (C=O) groups excluding carboxylic acids is 1. The van der Waals surface area contributed by atoms with Gasteiger partial charge >= 0.3 is 0 Å². The molecule has 168 valence electrons. The molecule has 1 aliphatic heterocycles. The first kappa shape index (κ1) is 25.0. The zero-order valence-electron chi connectivity index (χ0n) is 17.7. The summed E-state index contributed by atoms with van der Waals surface area (Å²) in [7, 11) is 1.99. The number of hydrogen-bond acceptors (Lipinski definition) is 4. The molecule has 0 atom stereocenters. The molecule has 0 aliphatic carbocycles. The normalized spacial score (nSPS) is 14.0. The maximum Gasteiger partial charge on any atom is 0.242 e. The third-order valence-corrected chi connectivity index (χ3v) is 5.60. The summed E-state index contributed by atoms with van der Waals surface area (Å²) < 4.78 is 7.92. The number of para-hydroxylation sites is 3. The largest absolute Gasteiger partial charge is 0.486 e. The van der Waals surface area contributed by atoms with Crippen LogP contribution in [0.2, 0.25) is 0 Å². The standard InChI is InChI=1S/C23H28N4O2.2ClH/c1-24-15-18-11-13-26(14-12-18)23(28)16-27-21-10-6-5-9-20(21)25-22(27)17-29-19-7-3-2-4-8-19;;/h2-10,18,24H,11-17H2,1H3;2*1H. The molecule has 2 aromatic carbocycles. The van der Waals surface area contributed by atoms with Gasteiger partial charge in [0.1, 0.15) is 24.7 Å². The summed E-state index contributed by atoms with van der Waals surface area (Å²) in [5.41, 5.74) is 1.86. The molecule has 31 heavy (non-hydrogen) atoms. The SMILES string of the molecule is CNCC1CCN(C(=O)Cn2c(COc3ccccc3)nc3ccccc32)CC1.Cl.Cl.